The molecule has 0 aromatic rings. The minimum absolute atomic E-state index is 0.0369. The van der Waals surface area contributed by atoms with Crippen molar-refractivity contribution in [3.63, 3.8) is 0 Å². The first-order valence-electron chi connectivity index (χ1n) is 6.32. The van der Waals surface area contributed by atoms with Gasteiger partial charge in [0.25, 0.3) is 0 Å². The van der Waals surface area contributed by atoms with Crippen LogP contribution in [0.5, 0.6) is 0 Å². The van der Waals surface area contributed by atoms with E-state index >= 15 is 0 Å². The quantitative estimate of drug-likeness (QED) is 0.772. The fourth-order valence-electron chi connectivity index (χ4n) is 2.91. The van der Waals surface area contributed by atoms with Crippen molar-refractivity contribution in [1.82, 2.24) is 4.90 Å². The Morgan fingerprint density at radius 3 is 2.26 bits per heavy atom. The molecule has 1 N–H and O–H groups in total. The summed E-state index contributed by atoms with van der Waals surface area (Å²) in [4.78, 5) is 24.9. The first kappa shape index (κ1) is 14.3. The number of carbonyl (C=O) groups excluding carboxylic acids is 1. The van der Waals surface area contributed by atoms with E-state index in [1.807, 2.05) is 0 Å². The molecule has 0 aromatic heterocycles. The van der Waals surface area contributed by atoms with Gasteiger partial charge in [0.15, 0.2) is 9.84 Å². The molecule has 1 aliphatic carbocycles. The Morgan fingerprint density at radius 2 is 1.84 bits per heavy atom. The van der Waals surface area contributed by atoms with Gasteiger partial charge in [-0.1, -0.05) is 13.8 Å². The third kappa shape index (κ3) is 2.24. The summed E-state index contributed by atoms with van der Waals surface area (Å²) in [6.07, 6.45) is 0. The Bertz CT molecular complexity index is 524. The number of nitrogens with zero attached hydrogens (tertiary/aromatic N) is 1. The molecule has 0 aromatic carbocycles. The Balaban J connectivity index is 2.09. The van der Waals surface area contributed by atoms with E-state index in [0.29, 0.717) is 0 Å². The van der Waals surface area contributed by atoms with E-state index in [1.165, 1.54) is 4.90 Å². The smallest absolute Gasteiger partial charge is 0.307 e. The standard InChI is InChI=1S/C12H19NO5S/c1-7-6-13(4-5-19(7,17)18)10(14)8-9(11(15)16)12(8,2)3/h7-9H,4-6H2,1-3H3,(H,15,16)/t7?,8-,9+/m0/s1. The molecular weight excluding hydrogens is 270 g/mol. The van der Waals surface area contributed by atoms with Crippen LogP contribution in [0.4, 0.5) is 0 Å². The van der Waals surface area contributed by atoms with Crippen LogP contribution in [-0.4, -0.2) is 54.4 Å². The van der Waals surface area contributed by atoms with Crippen molar-refractivity contribution < 1.29 is 23.1 Å². The number of carboxylic acid groups (broad SMARTS) is 1. The summed E-state index contributed by atoms with van der Waals surface area (Å²) in [7, 11) is -3.10. The second kappa shape index (κ2) is 4.19. The lowest BCUT2D eigenvalue weighted by Gasteiger charge is -2.31. The lowest BCUT2D eigenvalue weighted by molar-refractivity contribution is -0.142. The van der Waals surface area contributed by atoms with E-state index in [0.717, 1.165) is 0 Å². The van der Waals surface area contributed by atoms with Crippen LogP contribution in [0.1, 0.15) is 20.8 Å². The van der Waals surface area contributed by atoms with Crippen molar-refractivity contribution in [1.29, 1.82) is 0 Å². The zero-order valence-corrected chi connectivity index (χ0v) is 12.1. The lowest BCUT2D eigenvalue weighted by atomic mass is 10.1. The van der Waals surface area contributed by atoms with Gasteiger partial charge in [0, 0.05) is 13.1 Å². The Labute approximate surface area is 112 Å². The van der Waals surface area contributed by atoms with Crippen LogP contribution < -0.4 is 0 Å². The molecule has 0 radical (unpaired) electrons. The minimum atomic E-state index is -3.10. The molecule has 1 heterocycles. The van der Waals surface area contributed by atoms with Gasteiger partial charge in [-0.2, -0.15) is 0 Å². The maximum absolute atomic E-state index is 12.3. The van der Waals surface area contributed by atoms with Crippen molar-refractivity contribution in [2.24, 2.45) is 17.3 Å². The van der Waals surface area contributed by atoms with Crippen molar-refractivity contribution in [2.75, 3.05) is 18.8 Å². The number of hydrogen-bond acceptors (Lipinski definition) is 4. The molecule has 1 aliphatic heterocycles. The summed E-state index contributed by atoms with van der Waals surface area (Å²) in [5.74, 6) is -2.41. The average Bonchev–Trinajstić information content (AvgIpc) is 2.85. The van der Waals surface area contributed by atoms with Crippen LogP contribution in [-0.2, 0) is 19.4 Å². The molecule has 0 spiro atoms. The van der Waals surface area contributed by atoms with E-state index in [9.17, 15) is 18.0 Å². The van der Waals surface area contributed by atoms with Gasteiger partial charge in [0.05, 0.1) is 22.8 Å². The number of aliphatic carboxylic acids is 1. The van der Waals surface area contributed by atoms with E-state index in [1.54, 1.807) is 20.8 Å². The van der Waals surface area contributed by atoms with E-state index in [2.05, 4.69) is 0 Å². The predicted molar refractivity (Wildman–Crippen MR) is 68.2 cm³/mol. The highest BCUT2D eigenvalue weighted by Crippen LogP contribution is 2.59. The lowest BCUT2D eigenvalue weighted by Crippen LogP contribution is -2.49. The highest BCUT2D eigenvalue weighted by Gasteiger charge is 2.66. The Hall–Kier alpha value is -1.11. The molecule has 108 valence electrons. The highest BCUT2D eigenvalue weighted by atomic mass is 32.2. The van der Waals surface area contributed by atoms with Gasteiger partial charge in [0.2, 0.25) is 5.91 Å². The number of rotatable bonds is 2. The molecule has 0 bridgehead atoms. The largest absolute Gasteiger partial charge is 0.481 e. The van der Waals surface area contributed by atoms with E-state index < -0.39 is 38.3 Å². The molecule has 2 rings (SSSR count). The maximum Gasteiger partial charge on any atom is 0.307 e. The second-order valence-corrected chi connectivity index (χ2v) is 8.62. The molecular formula is C12H19NO5S. The average molecular weight is 289 g/mol. The second-order valence-electron chi connectivity index (χ2n) is 6.08. The number of carbonyl (C=O) groups is 2. The van der Waals surface area contributed by atoms with E-state index in [4.69, 9.17) is 5.11 Å². The van der Waals surface area contributed by atoms with E-state index in [-0.39, 0.29) is 24.7 Å². The predicted octanol–water partition coefficient (Wildman–Crippen LogP) is -0.0113. The van der Waals surface area contributed by atoms with Crippen molar-refractivity contribution in [2.45, 2.75) is 26.0 Å². The number of sulfone groups is 1. The van der Waals surface area contributed by atoms with Crippen LogP contribution in [0, 0.1) is 17.3 Å². The van der Waals surface area contributed by atoms with Crippen LogP contribution in [0.25, 0.3) is 0 Å². The Kier molecular flexibility index (Phi) is 3.16. The summed E-state index contributed by atoms with van der Waals surface area (Å²) >= 11 is 0. The molecule has 7 heteroatoms. The zero-order valence-electron chi connectivity index (χ0n) is 11.3. The monoisotopic (exact) mass is 289 g/mol. The van der Waals surface area contributed by atoms with Gasteiger partial charge in [-0.15, -0.1) is 0 Å². The van der Waals surface area contributed by atoms with Gasteiger partial charge < -0.3 is 10.0 Å². The maximum atomic E-state index is 12.3. The zero-order chi connectivity index (χ0) is 14.6. The summed E-state index contributed by atoms with van der Waals surface area (Å²) < 4.78 is 23.2. The highest BCUT2D eigenvalue weighted by molar-refractivity contribution is 7.92. The third-order valence-corrected chi connectivity index (χ3v) is 6.53. The van der Waals surface area contributed by atoms with Gasteiger partial charge in [0.1, 0.15) is 0 Å². The Morgan fingerprint density at radius 1 is 1.26 bits per heavy atom. The van der Waals surface area contributed by atoms with Gasteiger partial charge >= 0.3 is 5.97 Å². The molecule has 19 heavy (non-hydrogen) atoms. The van der Waals surface area contributed by atoms with Crippen molar-refractivity contribution >= 4 is 21.7 Å². The fourth-order valence-corrected chi connectivity index (χ4v) is 4.19. The number of hydrogen-bond donors (Lipinski definition) is 1. The molecule has 2 aliphatic rings. The third-order valence-electron chi connectivity index (χ3n) is 4.41. The SMILES string of the molecule is CC1CN(C(=O)[C@@H]2[C@H](C(=O)O)C2(C)C)CCS1(=O)=O. The number of amides is 1. The minimum Gasteiger partial charge on any atom is -0.481 e. The molecule has 6 nitrogen and oxygen atoms in total. The summed E-state index contributed by atoms with van der Waals surface area (Å²) in [5.41, 5.74) is -0.539. The first-order valence-corrected chi connectivity index (χ1v) is 8.03. The number of carboxylic acids is 1. The topological polar surface area (TPSA) is 91.8 Å². The fraction of sp³-hybridized carbons (Fsp3) is 0.833. The molecule has 2 fully saturated rings. The van der Waals surface area contributed by atoms with Gasteiger partial charge in [-0.05, 0) is 12.3 Å². The summed E-state index contributed by atoms with van der Waals surface area (Å²) in [6.45, 7) is 5.45. The normalized spacial score (nSPS) is 35.7. The molecule has 1 amide bonds. The van der Waals surface area contributed by atoms with Crippen molar-refractivity contribution in [3.05, 3.63) is 0 Å². The summed E-state index contributed by atoms with van der Waals surface area (Å²) in [6, 6.07) is 0. The molecule has 3 atom stereocenters. The molecule has 1 unspecified atom stereocenters. The van der Waals surface area contributed by atoms with Gasteiger partial charge in [-0.25, -0.2) is 8.42 Å². The van der Waals surface area contributed by atoms with Crippen LogP contribution in [0.3, 0.4) is 0 Å². The summed E-state index contributed by atoms with van der Waals surface area (Å²) in [5, 5.41) is 8.50. The van der Waals surface area contributed by atoms with Crippen LogP contribution in [0.2, 0.25) is 0 Å². The van der Waals surface area contributed by atoms with Crippen molar-refractivity contribution in [3.8, 4) is 0 Å². The van der Waals surface area contributed by atoms with Crippen LogP contribution in [0.15, 0.2) is 0 Å². The van der Waals surface area contributed by atoms with Gasteiger partial charge in [-0.3, -0.25) is 9.59 Å². The first-order chi connectivity index (χ1) is 8.59. The molecule has 1 saturated carbocycles. The van der Waals surface area contributed by atoms with Crippen LogP contribution >= 0.6 is 0 Å². The molecule has 1 saturated heterocycles.